The van der Waals surface area contributed by atoms with Gasteiger partial charge in [-0.15, -0.1) is 11.3 Å². The molecule has 0 spiro atoms. The van der Waals surface area contributed by atoms with Crippen LogP contribution in [0.1, 0.15) is 24.4 Å². The second-order valence-corrected chi connectivity index (χ2v) is 13.0. The number of anilines is 3. The Morgan fingerprint density at radius 2 is 1.82 bits per heavy atom. The average molecular weight is 583 g/mol. The van der Waals surface area contributed by atoms with Crippen molar-refractivity contribution in [3.8, 4) is 0 Å². The number of carbonyl (C=O) groups excluding carboxylic acids is 1. The Morgan fingerprint density at radius 1 is 1.15 bits per heavy atom. The third-order valence-electron chi connectivity index (χ3n) is 7.23. The fraction of sp³-hybridized carbons (Fsp3) is 0.462. The van der Waals surface area contributed by atoms with E-state index >= 15 is 0 Å². The zero-order valence-electron chi connectivity index (χ0n) is 21.3. The number of benzene rings is 1. The predicted molar refractivity (Wildman–Crippen MR) is 145 cm³/mol. The van der Waals surface area contributed by atoms with Gasteiger partial charge >= 0.3 is 6.18 Å². The van der Waals surface area contributed by atoms with Crippen LogP contribution in [0.2, 0.25) is 0 Å². The van der Waals surface area contributed by atoms with Gasteiger partial charge in [-0.2, -0.15) is 13.2 Å². The number of thiophene rings is 1. The van der Waals surface area contributed by atoms with Crippen LogP contribution in [0.15, 0.2) is 41.9 Å². The van der Waals surface area contributed by atoms with E-state index < -0.39 is 33.9 Å². The van der Waals surface area contributed by atoms with E-state index in [0.717, 1.165) is 28.6 Å². The average Bonchev–Trinajstić information content (AvgIpc) is 3.38. The Hall–Kier alpha value is -2.90. The van der Waals surface area contributed by atoms with Gasteiger partial charge in [0.2, 0.25) is 5.91 Å². The highest BCUT2D eigenvalue weighted by Gasteiger charge is 2.46. The van der Waals surface area contributed by atoms with Gasteiger partial charge in [0.15, 0.2) is 6.04 Å². The van der Waals surface area contributed by atoms with Crippen molar-refractivity contribution in [1.29, 1.82) is 0 Å². The van der Waals surface area contributed by atoms with Crippen molar-refractivity contribution in [3.05, 3.63) is 47.5 Å². The molecule has 0 radical (unpaired) electrons. The van der Waals surface area contributed by atoms with Crippen molar-refractivity contribution in [2.45, 2.75) is 25.1 Å². The van der Waals surface area contributed by atoms with E-state index in [9.17, 15) is 26.4 Å². The first-order valence-electron chi connectivity index (χ1n) is 12.6. The Balaban J connectivity index is 1.38. The van der Waals surface area contributed by atoms with Crippen molar-refractivity contribution < 1.29 is 31.1 Å². The molecule has 2 aromatic heterocycles. The molecule has 4 heterocycles. The minimum absolute atomic E-state index is 0.0348. The van der Waals surface area contributed by atoms with Crippen LogP contribution in [-0.2, 0) is 19.4 Å². The van der Waals surface area contributed by atoms with Gasteiger partial charge in [-0.1, -0.05) is 12.1 Å². The number of hydrogen-bond donors (Lipinski definition) is 1. The van der Waals surface area contributed by atoms with Gasteiger partial charge < -0.3 is 19.9 Å². The minimum Gasteiger partial charge on any atom is -0.378 e. The third-order valence-corrected chi connectivity index (χ3v) is 9.85. The van der Waals surface area contributed by atoms with Crippen LogP contribution in [0, 0.1) is 5.92 Å². The van der Waals surface area contributed by atoms with Crippen LogP contribution >= 0.6 is 11.3 Å². The molecular weight excluding hydrogens is 553 g/mol. The minimum atomic E-state index is -4.71. The number of sulfone groups is 1. The van der Waals surface area contributed by atoms with Gasteiger partial charge in [0.1, 0.15) is 9.84 Å². The number of aromatic nitrogens is 1. The lowest BCUT2D eigenvalue weighted by molar-refractivity contribution is -0.190. The summed E-state index contributed by atoms with van der Waals surface area (Å²) in [6.45, 7) is 2.63. The second kappa shape index (κ2) is 10.9. The normalized spacial score (nSPS) is 19.1. The number of carbonyl (C=O) groups is 1. The fourth-order valence-electron chi connectivity index (χ4n) is 5.18. The lowest BCUT2D eigenvalue weighted by atomic mass is 9.98. The first-order valence-corrected chi connectivity index (χ1v) is 15.3. The standard InChI is InChI=1S/C26H29F3N4O4S2/c1-32(25(34)18-7-14-39(35,36)15-8-18)24(26(27,28)29)17-2-4-19(5-3-17)31-21-16-30-20-6-13-38-23(20)22(21)33-9-11-37-12-10-33/h2-6,13,16,18,24,31H,7-12,14-15H2,1H3/t24-/m0/s1. The Labute approximate surface area is 228 Å². The van der Waals surface area contributed by atoms with E-state index in [4.69, 9.17) is 4.74 Å². The van der Waals surface area contributed by atoms with Crippen LogP contribution in [0.5, 0.6) is 0 Å². The molecule has 2 saturated heterocycles. The highest BCUT2D eigenvalue weighted by molar-refractivity contribution is 7.91. The SMILES string of the molecule is CN(C(=O)C1CCS(=O)(=O)CC1)[C@@H](c1ccc(Nc2cnc3ccsc3c2N2CCOCC2)cc1)C(F)(F)F. The summed E-state index contributed by atoms with van der Waals surface area (Å²) in [5.41, 5.74) is 3.10. The number of nitrogens with zero attached hydrogens (tertiary/aromatic N) is 3. The Kier molecular flexibility index (Phi) is 7.75. The van der Waals surface area contributed by atoms with Gasteiger partial charge in [0, 0.05) is 31.7 Å². The predicted octanol–water partition coefficient (Wildman–Crippen LogP) is 4.76. The van der Waals surface area contributed by atoms with Crippen LogP contribution in [0.4, 0.5) is 30.2 Å². The highest BCUT2D eigenvalue weighted by atomic mass is 32.2. The maximum atomic E-state index is 14.2. The number of halogens is 3. The van der Waals surface area contributed by atoms with Crippen molar-refractivity contribution in [2.24, 2.45) is 5.92 Å². The molecule has 2 aliphatic rings. The maximum absolute atomic E-state index is 14.2. The van der Waals surface area contributed by atoms with Crippen LogP contribution in [0.25, 0.3) is 10.2 Å². The molecule has 1 amide bonds. The molecule has 8 nitrogen and oxygen atoms in total. The first-order chi connectivity index (χ1) is 18.5. The lowest BCUT2D eigenvalue weighted by Gasteiger charge is -2.34. The number of amides is 1. The molecule has 5 rings (SSSR count). The number of pyridine rings is 1. The van der Waals surface area contributed by atoms with Crippen LogP contribution < -0.4 is 10.2 Å². The van der Waals surface area contributed by atoms with Crippen molar-refractivity contribution in [3.63, 3.8) is 0 Å². The van der Waals surface area contributed by atoms with Crippen LogP contribution in [-0.4, -0.2) is 75.2 Å². The van der Waals surface area contributed by atoms with Gasteiger partial charge in [-0.25, -0.2) is 8.42 Å². The van der Waals surface area contributed by atoms with E-state index in [0.29, 0.717) is 36.9 Å². The Bertz CT molecular complexity index is 1420. The maximum Gasteiger partial charge on any atom is 0.413 e. The van der Waals surface area contributed by atoms with Crippen molar-refractivity contribution in [2.75, 3.05) is 55.1 Å². The monoisotopic (exact) mass is 582 g/mol. The summed E-state index contributed by atoms with van der Waals surface area (Å²) in [4.78, 5) is 20.4. The molecule has 3 aromatic rings. The zero-order valence-corrected chi connectivity index (χ0v) is 22.9. The smallest absolute Gasteiger partial charge is 0.378 e. The molecule has 39 heavy (non-hydrogen) atoms. The van der Waals surface area contributed by atoms with Crippen molar-refractivity contribution >= 4 is 54.4 Å². The lowest BCUT2D eigenvalue weighted by Crippen LogP contribution is -2.44. The number of morpholine rings is 1. The first kappa shape index (κ1) is 27.7. The van der Waals surface area contributed by atoms with E-state index in [2.05, 4.69) is 15.2 Å². The second-order valence-electron chi connectivity index (χ2n) is 9.82. The van der Waals surface area contributed by atoms with E-state index in [1.807, 2.05) is 11.4 Å². The number of hydrogen-bond acceptors (Lipinski definition) is 8. The van der Waals surface area contributed by atoms with Gasteiger partial charge in [0.05, 0.1) is 52.5 Å². The third kappa shape index (κ3) is 5.99. The summed E-state index contributed by atoms with van der Waals surface area (Å²) in [6.07, 6.45) is -2.92. The molecule has 1 N–H and O–H groups in total. The van der Waals surface area contributed by atoms with Gasteiger partial charge in [-0.3, -0.25) is 9.78 Å². The molecule has 1 aromatic carbocycles. The molecule has 1 atom stereocenters. The molecule has 210 valence electrons. The number of ether oxygens (including phenoxy) is 1. The summed E-state index contributed by atoms with van der Waals surface area (Å²) in [6, 6.07) is 5.64. The molecule has 2 fully saturated rings. The van der Waals surface area contributed by atoms with E-state index in [-0.39, 0.29) is 29.9 Å². The number of rotatable bonds is 6. The summed E-state index contributed by atoms with van der Waals surface area (Å²) in [5, 5.41) is 5.28. The fourth-order valence-corrected chi connectivity index (χ4v) is 7.60. The zero-order chi connectivity index (χ0) is 27.8. The van der Waals surface area contributed by atoms with Crippen LogP contribution in [0.3, 0.4) is 0 Å². The largest absolute Gasteiger partial charge is 0.413 e. The van der Waals surface area contributed by atoms with E-state index in [1.165, 1.54) is 12.1 Å². The molecule has 2 aliphatic heterocycles. The summed E-state index contributed by atoms with van der Waals surface area (Å²) >= 11 is 1.58. The van der Waals surface area contributed by atoms with E-state index in [1.54, 1.807) is 29.7 Å². The summed E-state index contributed by atoms with van der Waals surface area (Å²) < 4.78 is 72.5. The number of alkyl halides is 3. The molecule has 0 aliphatic carbocycles. The molecule has 0 bridgehead atoms. The molecule has 0 saturated carbocycles. The summed E-state index contributed by atoms with van der Waals surface area (Å²) in [7, 11) is -2.11. The molecular formula is C26H29F3N4O4S2. The van der Waals surface area contributed by atoms with Gasteiger partial charge in [0.25, 0.3) is 0 Å². The van der Waals surface area contributed by atoms with Crippen molar-refractivity contribution in [1.82, 2.24) is 9.88 Å². The topological polar surface area (TPSA) is 91.8 Å². The molecule has 13 heteroatoms. The molecule has 0 unspecified atom stereocenters. The summed E-state index contributed by atoms with van der Waals surface area (Å²) in [5.74, 6) is -1.82. The number of fused-ring (bicyclic) bond motifs is 1. The quantitative estimate of drug-likeness (QED) is 0.448. The Morgan fingerprint density at radius 3 is 2.46 bits per heavy atom. The highest BCUT2D eigenvalue weighted by Crippen LogP contribution is 2.41. The number of nitrogens with one attached hydrogen (secondary N) is 1. The van der Waals surface area contributed by atoms with Gasteiger partial charge in [-0.05, 0) is 42.0 Å².